The highest BCUT2D eigenvalue weighted by Crippen LogP contribution is 2.23. The van der Waals surface area contributed by atoms with Gasteiger partial charge in [-0.05, 0) is 36.8 Å². The molecular weight excluding hydrogens is 334 g/mol. The summed E-state index contributed by atoms with van der Waals surface area (Å²) < 4.78 is 0. The third-order valence-corrected chi connectivity index (χ3v) is 5.95. The Bertz CT molecular complexity index is 583. The monoisotopic (exact) mass is 353 g/mol. The van der Waals surface area contributed by atoms with E-state index in [-0.39, 0.29) is 29.0 Å². The molecule has 0 bridgehead atoms. The molecule has 8 heteroatoms. The third-order valence-electron chi connectivity index (χ3n) is 4.16. The Kier molecular flexibility index (Phi) is 5.22. The molecule has 0 aliphatic carbocycles. The molecule has 124 valence electrons. The first-order valence-electron chi connectivity index (χ1n) is 7.70. The lowest BCUT2D eigenvalue weighted by atomic mass is 9.95. The zero-order valence-electron chi connectivity index (χ0n) is 12.6. The molecule has 2 fully saturated rings. The Hall–Kier alpha value is -1.54. The van der Waals surface area contributed by atoms with Crippen LogP contribution in [-0.4, -0.2) is 46.8 Å². The van der Waals surface area contributed by atoms with Gasteiger partial charge in [-0.15, -0.1) is 11.3 Å². The molecule has 2 aliphatic rings. The summed E-state index contributed by atoms with van der Waals surface area (Å²) in [6.45, 7) is 1.12. The number of rotatable bonds is 3. The first-order chi connectivity index (χ1) is 11.1. The van der Waals surface area contributed by atoms with Crippen LogP contribution in [0, 0.1) is 5.92 Å². The molecule has 1 aromatic rings. The minimum Gasteiger partial charge on any atom is -0.345 e. The van der Waals surface area contributed by atoms with E-state index in [1.54, 1.807) is 4.90 Å². The minimum atomic E-state index is -0.326. The number of carbonyl (C=O) groups excluding carboxylic acids is 3. The number of hydrogen-bond donors (Lipinski definition) is 2. The van der Waals surface area contributed by atoms with Crippen LogP contribution in [0.3, 0.4) is 0 Å². The van der Waals surface area contributed by atoms with Crippen LogP contribution in [0.1, 0.15) is 19.3 Å². The SMILES string of the molecule is O=C(NC1CCSC1=O)C1CCN(C(=O)Nc2cccs2)CC1. The van der Waals surface area contributed by atoms with E-state index >= 15 is 0 Å². The standard InChI is InChI=1S/C15H19N3O3S2/c19-13(16-11-5-9-23-14(11)20)10-3-6-18(7-4-10)15(21)17-12-2-1-8-22-12/h1-2,8,10-11H,3-7,9H2,(H,16,19)(H,17,21). The number of thioether (sulfide) groups is 1. The fourth-order valence-electron chi connectivity index (χ4n) is 2.80. The van der Waals surface area contributed by atoms with Crippen molar-refractivity contribution in [1.82, 2.24) is 10.2 Å². The van der Waals surface area contributed by atoms with Crippen molar-refractivity contribution in [3.8, 4) is 0 Å². The molecule has 2 aliphatic heterocycles. The van der Waals surface area contributed by atoms with Crippen LogP contribution in [0.15, 0.2) is 17.5 Å². The van der Waals surface area contributed by atoms with E-state index in [9.17, 15) is 14.4 Å². The van der Waals surface area contributed by atoms with Gasteiger partial charge in [0.15, 0.2) is 0 Å². The van der Waals surface area contributed by atoms with Crippen molar-refractivity contribution < 1.29 is 14.4 Å². The van der Waals surface area contributed by atoms with Crippen molar-refractivity contribution in [2.75, 3.05) is 24.2 Å². The number of nitrogens with one attached hydrogen (secondary N) is 2. The van der Waals surface area contributed by atoms with Gasteiger partial charge in [-0.3, -0.25) is 14.9 Å². The third kappa shape index (κ3) is 4.06. The fourth-order valence-corrected chi connectivity index (χ4v) is 4.34. The van der Waals surface area contributed by atoms with Gasteiger partial charge in [-0.2, -0.15) is 0 Å². The van der Waals surface area contributed by atoms with E-state index in [1.807, 2.05) is 17.5 Å². The Labute approximate surface area is 143 Å². The van der Waals surface area contributed by atoms with Crippen LogP contribution in [-0.2, 0) is 9.59 Å². The Balaban J connectivity index is 1.45. The molecule has 0 radical (unpaired) electrons. The molecule has 3 amide bonds. The summed E-state index contributed by atoms with van der Waals surface area (Å²) in [6, 6.07) is 3.31. The maximum absolute atomic E-state index is 12.2. The summed E-state index contributed by atoms with van der Waals surface area (Å²) >= 11 is 2.77. The summed E-state index contributed by atoms with van der Waals surface area (Å²) in [5, 5.41) is 8.51. The largest absolute Gasteiger partial charge is 0.345 e. The number of amides is 3. The van der Waals surface area contributed by atoms with E-state index in [0.717, 1.165) is 17.2 Å². The summed E-state index contributed by atoms with van der Waals surface area (Å²) in [5.74, 6) is 0.619. The topological polar surface area (TPSA) is 78.5 Å². The summed E-state index contributed by atoms with van der Waals surface area (Å²) in [5.41, 5.74) is 0. The average molecular weight is 353 g/mol. The van der Waals surface area contributed by atoms with Gasteiger partial charge in [0.2, 0.25) is 11.0 Å². The number of carbonyl (C=O) groups is 3. The van der Waals surface area contributed by atoms with Gasteiger partial charge in [0.05, 0.1) is 11.0 Å². The predicted molar refractivity (Wildman–Crippen MR) is 91.6 cm³/mol. The van der Waals surface area contributed by atoms with Gasteiger partial charge in [0.25, 0.3) is 0 Å². The van der Waals surface area contributed by atoms with Crippen LogP contribution in [0.4, 0.5) is 9.80 Å². The number of anilines is 1. The Morgan fingerprint density at radius 2 is 2.00 bits per heavy atom. The van der Waals surface area contributed by atoms with Crippen LogP contribution < -0.4 is 10.6 Å². The van der Waals surface area contributed by atoms with E-state index in [1.165, 1.54) is 23.1 Å². The zero-order valence-corrected chi connectivity index (χ0v) is 14.3. The summed E-state index contributed by atoms with van der Waals surface area (Å²) in [6.07, 6.45) is 1.99. The van der Waals surface area contributed by atoms with Gasteiger partial charge in [0.1, 0.15) is 0 Å². The fraction of sp³-hybridized carbons (Fsp3) is 0.533. The molecule has 0 aromatic carbocycles. The van der Waals surface area contributed by atoms with Crippen molar-refractivity contribution in [1.29, 1.82) is 0 Å². The normalized spacial score (nSPS) is 22.2. The molecule has 23 heavy (non-hydrogen) atoms. The average Bonchev–Trinajstić information content (AvgIpc) is 3.20. The number of likely N-dealkylation sites (tertiary alicyclic amines) is 1. The van der Waals surface area contributed by atoms with Gasteiger partial charge in [-0.1, -0.05) is 11.8 Å². The molecular formula is C15H19N3O3S2. The molecule has 2 saturated heterocycles. The van der Waals surface area contributed by atoms with Crippen molar-refractivity contribution in [2.24, 2.45) is 5.92 Å². The van der Waals surface area contributed by atoms with Crippen LogP contribution in [0.5, 0.6) is 0 Å². The summed E-state index contributed by atoms with van der Waals surface area (Å²) in [7, 11) is 0. The highest BCUT2D eigenvalue weighted by atomic mass is 32.2. The lowest BCUT2D eigenvalue weighted by molar-refractivity contribution is -0.128. The molecule has 1 unspecified atom stereocenters. The van der Waals surface area contributed by atoms with Crippen molar-refractivity contribution in [3.05, 3.63) is 17.5 Å². The number of nitrogens with zero attached hydrogens (tertiary/aromatic N) is 1. The lowest BCUT2D eigenvalue weighted by Crippen LogP contribution is -2.47. The number of thiophene rings is 1. The number of urea groups is 1. The maximum atomic E-state index is 12.2. The van der Waals surface area contributed by atoms with Crippen LogP contribution >= 0.6 is 23.1 Å². The highest BCUT2D eigenvalue weighted by Gasteiger charge is 2.32. The van der Waals surface area contributed by atoms with Gasteiger partial charge < -0.3 is 10.2 Å². The maximum Gasteiger partial charge on any atom is 0.322 e. The first-order valence-corrected chi connectivity index (χ1v) is 9.56. The van der Waals surface area contributed by atoms with Crippen molar-refractivity contribution in [2.45, 2.75) is 25.3 Å². The van der Waals surface area contributed by atoms with E-state index in [2.05, 4.69) is 10.6 Å². The van der Waals surface area contributed by atoms with E-state index in [0.29, 0.717) is 25.9 Å². The molecule has 1 atom stereocenters. The second-order valence-corrected chi connectivity index (χ2v) is 7.73. The Morgan fingerprint density at radius 1 is 1.22 bits per heavy atom. The van der Waals surface area contributed by atoms with E-state index < -0.39 is 0 Å². The van der Waals surface area contributed by atoms with Gasteiger partial charge in [0, 0.05) is 24.8 Å². The zero-order chi connectivity index (χ0) is 16.2. The molecule has 0 spiro atoms. The predicted octanol–water partition coefficient (Wildman–Crippen LogP) is 2.14. The van der Waals surface area contributed by atoms with Crippen LogP contribution in [0.25, 0.3) is 0 Å². The molecule has 1 aromatic heterocycles. The number of piperidine rings is 1. The van der Waals surface area contributed by atoms with Gasteiger partial charge >= 0.3 is 6.03 Å². The molecule has 6 nitrogen and oxygen atoms in total. The van der Waals surface area contributed by atoms with Crippen LogP contribution in [0.2, 0.25) is 0 Å². The lowest BCUT2D eigenvalue weighted by Gasteiger charge is -2.31. The quantitative estimate of drug-likeness (QED) is 0.873. The summed E-state index contributed by atoms with van der Waals surface area (Å²) in [4.78, 5) is 37.7. The van der Waals surface area contributed by atoms with Crippen molar-refractivity contribution in [3.63, 3.8) is 0 Å². The molecule has 3 rings (SSSR count). The van der Waals surface area contributed by atoms with E-state index in [4.69, 9.17) is 0 Å². The molecule has 3 heterocycles. The van der Waals surface area contributed by atoms with Crippen molar-refractivity contribution >= 4 is 45.2 Å². The highest BCUT2D eigenvalue weighted by molar-refractivity contribution is 8.14. The number of hydrogen-bond acceptors (Lipinski definition) is 5. The minimum absolute atomic E-state index is 0.0517. The van der Waals surface area contributed by atoms with Gasteiger partial charge in [-0.25, -0.2) is 4.79 Å². The second kappa shape index (κ2) is 7.35. The smallest absolute Gasteiger partial charge is 0.322 e. The second-order valence-electron chi connectivity index (χ2n) is 5.69. The first kappa shape index (κ1) is 16.3. The molecule has 0 saturated carbocycles. The Morgan fingerprint density at radius 3 is 2.61 bits per heavy atom. The molecule has 2 N–H and O–H groups in total.